The first-order valence-electron chi connectivity index (χ1n) is 7.08. The number of nitrogens with zero attached hydrogens (tertiary/aromatic N) is 1. The molecule has 19 heavy (non-hydrogen) atoms. The number of para-hydroxylation sites is 1. The summed E-state index contributed by atoms with van der Waals surface area (Å²) in [7, 11) is 0. The molecule has 1 aromatic carbocycles. The van der Waals surface area contributed by atoms with Crippen LogP contribution in [0, 0.1) is 17.2 Å². The molecule has 1 atom stereocenters. The molecule has 2 rings (SSSR count). The highest BCUT2D eigenvalue weighted by molar-refractivity contribution is 5.35. The van der Waals surface area contributed by atoms with Crippen LogP contribution in [0.5, 0.6) is 5.75 Å². The Morgan fingerprint density at radius 3 is 2.74 bits per heavy atom. The molecule has 3 heteroatoms. The van der Waals surface area contributed by atoms with Crippen molar-refractivity contribution in [2.24, 2.45) is 5.92 Å². The molecular weight excluding hydrogens is 238 g/mol. The molecule has 0 saturated heterocycles. The van der Waals surface area contributed by atoms with E-state index in [2.05, 4.69) is 0 Å². The van der Waals surface area contributed by atoms with Gasteiger partial charge in [-0.05, 0) is 24.8 Å². The van der Waals surface area contributed by atoms with Gasteiger partial charge in [0.05, 0.1) is 25.2 Å². The van der Waals surface area contributed by atoms with Crippen molar-refractivity contribution in [3.8, 4) is 11.8 Å². The third-order valence-corrected chi connectivity index (χ3v) is 3.76. The molecule has 0 bridgehead atoms. The maximum atomic E-state index is 9.94. The van der Waals surface area contributed by atoms with E-state index in [0.717, 1.165) is 17.9 Å². The maximum absolute atomic E-state index is 9.94. The smallest absolute Gasteiger partial charge is 0.125 e. The normalized spacial score (nSPS) is 17.7. The third kappa shape index (κ3) is 3.97. The minimum absolute atomic E-state index is 0.101. The Labute approximate surface area is 114 Å². The van der Waals surface area contributed by atoms with Crippen molar-refractivity contribution in [1.29, 1.82) is 5.26 Å². The van der Waals surface area contributed by atoms with Crippen LogP contribution >= 0.6 is 0 Å². The number of aliphatic hydroxyl groups is 1. The highest BCUT2D eigenvalue weighted by atomic mass is 16.5. The van der Waals surface area contributed by atoms with Gasteiger partial charge in [0, 0.05) is 5.56 Å². The van der Waals surface area contributed by atoms with Gasteiger partial charge in [0.25, 0.3) is 0 Å². The van der Waals surface area contributed by atoms with Gasteiger partial charge in [-0.2, -0.15) is 5.26 Å². The second kappa shape index (κ2) is 7.16. The number of ether oxygens (including phenoxy) is 1. The summed E-state index contributed by atoms with van der Waals surface area (Å²) in [5.41, 5.74) is 0.722. The van der Waals surface area contributed by atoms with Crippen LogP contribution in [0.3, 0.4) is 0 Å². The summed E-state index contributed by atoms with van der Waals surface area (Å²) < 4.78 is 5.87. The molecule has 3 nitrogen and oxygen atoms in total. The van der Waals surface area contributed by atoms with Crippen molar-refractivity contribution in [1.82, 2.24) is 0 Å². The molecule has 0 spiro atoms. The lowest BCUT2D eigenvalue weighted by Crippen LogP contribution is -2.16. The van der Waals surface area contributed by atoms with E-state index in [1.165, 1.54) is 32.1 Å². The Morgan fingerprint density at radius 1 is 1.26 bits per heavy atom. The van der Waals surface area contributed by atoms with Crippen molar-refractivity contribution in [2.75, 3.05) is 6.61 Å². The van der Waals surface area contributed by atoms with Gasteiger partial charge in [0.15, 0.2) is 0 Å². The van der Waals surface area contributed by atoms with Crippen LogP contribution in [-0.2, 0) is 0 Å². The number of hydrogen-bond acceptors (Lipinski definition) is 3. The largest absolute Gasteiger partial charge is 0.493 e. The lowest BCUT2D eigenvalue weighted by molar-refractivity contribution is 0.167. The molecule has 0 aliphatic heterocycles. The van der Waals surface area contributed by atoms with E-state index in [4.69, 9.17) is 10.00 Å². The molecular formula is C16H21NO2. The molecule has 0 amide bonds. The molecule has 1 aliphatic carbocycles. The first kappa shape index (κ1) is 13.9. The average Bonchev–Trinajstić information content (AvgIpc) is 2.47. The van der Waals surface area contributed by atoms with Crippen LogP contribution in [0.25, 0.3) is 0 Å². The minimum Gasteiger partial charge on any atom is -0.493 e. The molecule has 102 valence electrons. The van der Waals surface area contributed by atoms with Gasteiger partial charge in [0.2, 0.25) is 0 Å². The fourth-order valence-electron chi connectivity index (χ4n) is 2.65. The second-order valence-corrected chi connectivity index (χ2v) is 5.23. The molecule has 0 radical (unpaired) electrons. The number of aliphatic hydroxyl groups excluding tert-OH is 1. The van der Waals surface area contributed by atoms with E-state index in [0.29, 0.717) is 5.92 Å². The van der Waals surface area contributed by atoms with Crippen molar-refractivity contribution in [3.05, 3.63) is 29.8 Å². The van der Waals surface area contributed by atoms with E-state index in [9.17, 15) is 5.11 Å². The Morgan fingerprint density at radius 2 is 2.00 bits per heavy atom. The molecule has 1 aromatic rings. The van der Waals surface area contributed by atoms with Gasteiger partial charge in [-0.1, -0.05) is 37.5 Å². The van der Waals surface area contributed by atoms with Crippen LogP contribution in [0.1, 0.15) is 50.2 Å². The molecule has 1 saturated carbocycles. The number of benzene rings is 1. The summed E-state index contributed by atoms with van der Waals surface area (Å²) in [4.78, 5) is 0. The van der Waals surface area contributed by atoms with Gasteiger partial charge in [-0.15, -0.1) is 0 Å². The first-order chi connectivity index (χ1) is 9.31. The molecule has 1 N–H and O–H groups in total. The van der Waals surface area contributed by atoms with Gasteiger partial charge in [-0.3, -0.25) is 0 Å². The fraction of sp³-hybridized carbons (Fsp3) is 0.562. The Balaban J connectivity index is 1.97. The maximum Gasteiger partial charge on any atom is 0.125 e. The predicted molar refractivity (Wildman–Crippen MR) is 73.7 cm³/mol. The van der Waals surface area contributed by atoms with Crippen molar-refractivity contribution < 1.29 is 9.84 Å². The molecule has 1 fully saturated rings. The summed E-state index contributed by atoms with van der Waals surface area (Å²) in [5.74, 6) is 1.35. The van der Waals surface area contributed by atoms with Crippen LogP contribution in [0.4, 0.5) is 0 Å². The average molecular weight is 259 g/mol. The van der Waals surface area contributed by atoms with Crippen molar-refractivity contribution in [2.45, 2.75) is 44.6 Å². The number of hydrogen-bond donors (Lipinski definition) is 1. The van der Waals surface area contributed by atoms with Gasteiger partial charge < -0.3 is 9.84 Å². The number of rotatable bonds is 5. The van der Waals surface area contributed by atoms with E-state index in [-0.39, 0.29) is 6.42 Å². The van der Waals surface area contributed by atoms with Crippen LogP contribution in [-0.4, -0.2) is 11.7 Å². The van der Waals surface area contributed by atoms with E-state index >= 15 is 0 Å². The summed E-state index contributed by atoms with van der Waals surface area (Å²) in [5, 5.41) is 18.6. The highest BCUT2D eigenvalue weighted by Gasteiger charge is 2.16. The summed E-state index contributed by atoms with van der Waals surface area (Å²) in [6, 6.07) is 9.46. The zero-order chi connectivity index (χ0) is 13.5. The SMILES string of the molecule is N#CCC(O)c1ccccc1OCC1CCCCC1. The highest BCUT2D eigenvalue weighted by Crippen LogP contribution is 2.29. The standard InChI is InChI=1S/C16H21NO2/c17-11-10-15(18)14-8-4-5-9-16(14)19-12-13-6-2-1-3-7-13/h4-5,8-9,13,15,18H,1-3,6-7,10,12H2. The third-order valence-electron chi connectivity index (χ3n) is 3.76. The Kier molecular flexibility index (Phi) is 5.23. The number of nitriles is 1. The lowest BCUT2D eigenvalue weighted by atomic mass is 9.90. The Hall–Kier alpha value is -1.53. The van der Waals surface area contributed by atoms with E-state index in [1.807, 2.05) is 30.3 Å². The van der Waals surface area contributed by atoms with E-state index < -0.39 is 6.10 Å². The summed E-state index contributed by atoms with van der Waals surface area (Å²) in [6.07, 6.45) is 5.76. The van der Waals surface area contributed by atoms with Gasteiger partial charge in [0.1, 0.15) is 5.75 Å². The van der Waals surface area contributed by atoms with E-state index in [1.54, 1.807) is 0 Å². The van der Waals surface area contributed by atoms with Crippen molar-refractivity contribution in [3.63, 3.8) is 0 Å². The zero-order valence-electron chi connectivity index (χ0n) is 11.2. The van der Waals surface area contributed by atoms with Gasteiger partial charge in [-0.25, -0.2) is 0 Å². The zero-order valence-corrected chi connectivity index (χ0v) is 11.2. The monoisotopic (exact) mass is 259 g/mol. The molecule has 0 aromatic heterocycles. The van der Waals surface area contributed by atoms with Crippen LogP contribution < -0.4 is 4.74 Å². The van der Waals surface area contributed by atoms with Gasteiger partial charge >= 0.3 is 0 Å². The summed E-state index contributed by atoms with van der Waals surface area (Å²) in [6.45, 7) is 0.719. The second-order valence-electron chi connectivity index (χ2n) is 5.23. The summed E-state index contributed by atoms with van der Waals surface area (Å²) >= 11 is 0. The fourth-order valence-corrected chi connectivity index (χ4v) is 2.65. The predicted octanol–water partition coefficient (Wildman–Crippen LogP) is 3.59. The molecule has 1 aliphatic rings. The molecule has 1 unspecified atom stereocenters. The first-order valence-corrected chi connectivity index (χ1v) is 7.08. The molecule has 0 heterocycles. The Bertz CT molecular complexity index is 433. The minimum atomic E-state index is -0.757. The van der Waals surface area contributed by atoms with Crippen LogP contribution in [0.2, 0.25) is 0 Å². The van der Waals surface area contributed by atoms with Crippen molar-refractivity contribution >= 4 is 0 Å². The van der Waals surface area contributed by atoms with Crippen LogP contribution in [0.15, 0.2) is 24.3 Å². The quantitative estimate of drug-likeness (QED) is 0.879. The lowest BCUT2D eigenvalue weighted by Gasteiger charge is -2.23. The topological polar surface area (TPSA) is 53.2 Å².